The highest BCUT2D eigenvalue weighted by Gasteiger charge is 2.37. The number of hydrogen-bond donors (Lipinski definition) is 12. The lowest BCUT2D eigenvalue weighted by Gasteiger charge is -2.14. The third-order valence-corrected chi connectivity index (χ3v) is 22.5. The lowest BCUT2D eigenvalue weighted by molar-refractivity contribution is -0.897. The van der Waals surface area contributed by atoms with Crippen molar-refractivity contribution >= 4 is 52.1 Å². The van der Waals surface area contributed by atoms with Gasteiger partial charge in [0.05, 0.1) is 242 Å². The van der Waals surface area contributed by atoms with Crippen LogP contribution in [0, 0.1) is 0 Å². The third kappa shape index (κ3) is 70.4. The summed E-state index contributed by atoms with van der Waals surface area (Å²) in [5, 5.41) is 43.9. The molecule has 0 aromatic heterocycles. The van der Waals surface area contributed by atoms with Gasteiger partial charge in [-0.15, -0.1) is 52.1 Å². The molecule has 0 aliphatic carbocycles. The number of quaternary nitrogens is 12. The van der Waals surface area contributed by atoms with Crippen molar-refractivity contribution in [3.8, 4) is 0 Å². The molecular weight excluding hydrogens is 2050 g/mol. The van der Waals surface area contributed by atoms with Gasteiger partial charge in [0.25, 0.3) is 0 Å². The number of hydrogen-bond acceptors (Lipinski definition) is 36. The van der Waals surface area contributed by atoms with Crippen LogP contribution in [-0.4, -0.2) is 460 Å². The highest BCUT2D eigenvalue weighted by atomic mass is 31.2. The van der Waals surface area contributed by atoms with E-state index in [1.807, 2.05) is 169 Å². The summed E-state index contributed by atoms with van der Waals surface area (Å²) < 4.78 is 59.7. The lowest BCUT2D eigenvalue weighted by atomic mass is 10.6. The number of halogens is 6. The summed E-state index contributed by atoms with van der Waals surface area (Å²) in [7, 11) is 26.3. The zero-order valence-electron chi connectivity index (χ0n) is 85.2. The number of likely N-dealkylation sites (N-methyl/N-ethyl adjacent to an activating group) is 24. The molecule has 0 saturated carbocycles. The molecule has 144 heavy (non-hydrogen) atoms. The molecule has 12 fully saturated rings. The minimum atomic E-state index is -3.62. The van der Waals surface area contributed by atoms with Gasteiger partial charge in [-0.2, -0.15) is 0 Å². The lowest BCUT2D eigenvalue weighted by Crippen LogP contribution is -3.11. The van der Waals surface area contributed by atoms with Crippen LogP contribution < -0.4 is 118 Å². The summed E-state index contributed by atoms with van der Waals surface area (Å²) in [5.41, 5.74) is 98.2. The zero-order chi connectivity index (χ0) is 112. The first-order valence-electron chi connectivity index (χ1n) is 43.1. The van der Waals surface area contributed by atoms with Crippen LogP contribution in [0.1, 0.15) is 0 Å². The Balaban J connectivity index is -0.000000353. The van der Waals surface area contributed by atoms with E-state index in [9.17, 15) is 25.2 Å². The Morgan fingerprint density at radius 1 is 0.167 bits per heavy atom. The monoisotopic (exact) mass is 2200 g/mol. The Morgan fingerprint density at radius 2 is 0.215 bits per heavy atom. The Hall–Kier alpha value is -7.56. The van der Waals surface area contributed by atoms with Crippen LogP contribution in [0.25, 0.3) is 125 Å². The van der Waals surface area contributed by atoms with E-state index in [4.69, 9.17) is 125 Å². The van der Waals surface area contributed by atoms with Crippen LogP contribution in [0.4, 0.5) is 25.2 Å². The van der Waals surface area contributed by atoms with Crippen LogP contribution in [0.15, 0.2) is 61.4 Å². The minimum Gasteiger partial charge on any atom is -0.816 e. The van der Waals surface area contributed by atoms with Crippen molar-refractivity contribution in [2.75, 3.05) is 326 Å². The Labute approximate surface area is 838 Å². The molecule has 0 aromatic rings. The predicted molar refractivity (Wildman–Crippen MR) is 496 cm³/mol. The summed E-state index contributed by atoms with van der Waals surface area (Å²) in [6.45, 7) is 24.8. The van der Waals surface area contributed by atoms with Crippen molar-refractivity contribution in [1.29, 1.82) is 0 Å². The Kier molecular flexibility index (Phi) is 90.3. The molecule has 84 heteroatoms. The maximum atomic E-state index is 9.95. The van der Waals surface area contributed by atoms with Gasteiger partial charge in [-0.3, -0.25) is 25.2 Å². The standard InChI is InChI=1S/12C5H11N5.6FO2P/c12*1-9-3-4-10(2)5(9)7-8-6;6*1-4(2)3/h12*5H,3-4H2,1-2H3;;;;;;/q;;;;;;;;;;;;6*-2/p+12. The second kappa shape index (κ2) is 88.4. The maximum Gasteiger partial charge on any atom is 0.226 e. The largest absolute Gasteiger partial charge is 0.816 e. The summed E-state index contributed by atoms with van der Waals surface area (Å²) in [6.07, 6.45) is 0.0556. The molecule has 0 aromatic carbocycles. The van der Waals surface area contributed by atoms with E-state index in [1.54, 1.807) is 0 Å². The molecule has 72 nitrogen and oxygen atoms in total. The predicted octanol–water partition coefficient (Wildman–Crippen LogP) is -18.1. The van der Waals surface area contributed by atoms with Crippen molar-refractivity contribution in [3.63, 3.8) is 0 Å². The molecule has 12 aliphatic heterocycles. The van der Waals surface area contributed by atoms with E-state index in [0.717, 1.165) is 157 Å². The van der Waals surface area contributed by atoms with Crippen molar-refractivity contribution in [2.45, 2.75) is 75.5 Å². The van der Waals surface area contributed by atoms with Crippen molar-refractivity contribution in [1.82, 2.24) is 58.8 Å². The first kappa shape index (κ1) is 147. The van der Waals surface area contributed by atoms with Crippen molar-refractivity contribution < 1.29 is 143 Å². The van der Waals surface area contributed by atoms with E-state index in [-0.39, 0.29) is 75.5 Å². The fourth-order valence-corrected chi connectivity index (χ4v) is 14.6. The molecular formula is C60H144F6N60O12P6. The fraction of sp³-hybridized carbons (Fsp3) is 1.00. The van der Waals surface area contributed by atoms with E-state index < -0.39 is 52.1 Å². The molecule has 24 unspecified atom stereocenters. The first-order valence-corrected chi connectivity index (χ1v) is 49.5. The second-order valence-corrected chi connectivity index (χ2v) is 35.7. The molecule has 12 heterocycles. The fourth-order valence-electron chi connectivity index (χ4n) is 14.6. The molecule has 12 N–H and O–H groups in total. The molecule has 12 rings (SSSR count). The van der Waals surface area contributed by atoms with Crippen LogP contribution in [0.5, 0.6) is 0 Å². The number of rotatable bonds is 12. The van der Waals surface area contributed by atoms with Gasteiger partial charge >= 0.3 is 0 Å². The Bertz CT molecular complexity index is 3020. The molecule has 0 bridgehead atoms. The highest BCUT2D eigenvalue weighted by Crippen LogP contribution is 2.12. The molecule has 12 aliphatic rings. The van der Waals surface area contributed by atoms with Gasteiger partial charge in [0, 0.05) is 58.9 Å². The number of nitrogens with zero attached hydrogens (tertiary/aromatic N) is 48. The van der Waals surface area contributed by atoms with Gasteiger partial charge in [-0.1, -0.05) is 0 Å². The average molecular weight is 2200 g/mol. The molecule has 0 amide bonds. The topological polar surface area (TPSA) is 954 Å². The molecule has 0 radical (unpaired) electrons. The SMILES string of the molecule is CN1CC[NH+](C)C1N=[N+]=[N-].CN1CC[NH+](C)C1N=[N+]=[N-].CN1CC[NH+](C)C1N=[N+]=[N-].CN1CC[NH+](C)C1N=[N+]=[N-].CN1CC[NH+](C)C1N=[N+]=[N-].CN1CC[NH+](C)C1N=[N+]=[N-].CN1CC[NH+](C)C1N=[N+]=[N-].CN1CC[NH+](C)C1N=[N+]=[N-].CN1CC[NH+](C)C1N=[N+]=[N-].CN1CC[NH+](C)C1N=[N+]=[N-].CN1CC[NH+](C)C1N=[N+]=[N-].CN1CC[NH+](C)C1N=[N+]=[N-].[O-]P([O-])F.[O-]P([O-])F.[O-]P([O-])F.[O-]P([O-])F.[O-]P([O-])F.[O-]P([O-])F. The minimum absolute atomic E-state index is 0.00463. The van der Waals surface area contributed by atoms with Crippen LogP contribution in [-0.2, 0) is 0 Å². The van der Waals surface area contributed by atoms with Crippen LogP contribution >= 0.6 is 52.1 Å². The average Bonchev–Trinajstić information content (AvgIpc) is 1.85. The van der Waals surface area contributed by atoms with Crippen molar-refractivity contribution in [2.24, 2.45) is 61.4 Å². The quantitative estimate of drug-likeness (QED) is 0.0284. The van der Waals surface area contributed by atoms with Gasteiger partial charge in [0.15, 0.2) is 0 Å². The first-order chi connectivity index (χ1) is 67.4. The highest BCUT2D eigenvalue weighted by molar-refractivity contribution is 7.36. The summed E-state index contributed by atoms with van der Waals surface area (Å²) >= 11 is 0. The van der Waals surface area contributed by atoms with Gasteiger partial charge in [0.2, 0.25) is 75.5 Å². The normalized spacial score (nSPS) is 29.7. The molecule has 24 atom stereocenters. The second-order valence-electron chi connectivity index (χ2n) is 33.1. The van der Waals surface area contributed by atoms with Crippen molar-refractivity contribution in [3.05, 3.63) is 125 Å². The van der Waals surface area contributed by atoms with E-state index in [2.05, 4.69) is 179 Å². The van der Waals surface area contributed by atoms with Crippen LogP contribution in [0.2, 0.25) is 0 Å². The smallest absolute Gasteiger partial charge is 0.226 e. The van der Waals surface area contributed by atoms with Gasteiger partial charge in [-0.05, 0) is 212 Å². The third-order valence-electron chi connectivity index (χ3n) is 22.5. The molecule has 12 saturated heterocycles. The van der Waals surface area contributed by atoms with E-state index >= 15 is 0 Å². The van der Waals surface area contributed by atoms with E-state index in [1.165, 1.54) is 58.8 Å². The van der Waals surface area contributed by atoms with E-state index in [0.29, 0.717) is 0 Å². The Morgan fingerprint density at radius 3 is 0.243 bits per heavy atom. The van der Waals surface area contributed by atoms with Crippen LogP contribution in [0.3, 0.4) is 0 Å². The number of nitrogens with one attached hydrogen (secondary N) is 12. The summed E-state index contributed by atoms with van der Waals surface area (Å²) in [6, 6.07) is 0. The zero-order valence-corrected chi connectivity index (χ0v) is 90.6. The van der Waals surface area contributed by atoms with Gasteiger partial charge in [-0.25, -0.2) is 58.8 Å². The number of azide groups is 12. The molecule has 0 spiro atoms. The molecule has 828 valence electrons. The van der Waals surface area contributed by atoms with Gasteiger partial charge in [0.1, 0.15) is 0 Å². The maximum absolute atomic E-state index is 9.95. The summed E-state index contributed by atoms with van der Waals surface area (Å²) in [4.78, 5) is 174. The summed E-state index contributed by atoms with van der Waals surface area (Å²) in [5.74, 6) is 0. The van der Waals surface area contributed by atoms with Gasteiger partial charge < -0.3 is 118 Å².